The van der Waals surface area contributed by atoms with Crippen LogP contribution < -0.4 is 0 Å². The van der Waals surface area contributed by atoms with Gasteiger partial charge in [-0.25, -0.2) is 0 Å². The first-order valence-corrected chi connectivity index (χ1v) is 11.1. The number of ketones is 1. The van der Waals surface area contributed by atoms with Gasteiger partial charge in [0, 0.05) is 13.0 Å². The first kappa shape index (κ1) is 17.4. The quantitative estimate of drug-likeness (QED) is 0.704. The molecule has 4 fully saturated rings. The van der Waals surface area contributed by atoms with Gasteiger partial charge in [0.2, 0.25) is 0 Å². The van der Waals surface area contributed by atoms with Crippen molar-refractivity contribution < 1.29 is 14.3 Å². The third kappa shape index (κ3) is 2.81. The van der Waals surface area contributed by atoms with E-state index in [1.165, 1.54) is 51.4 Å². The van der Waals surface area contributed by atoms with Gasteiger partial charge in [-0.2, -0.15) is 0 Å². The zero-order valence-electron chi connectivity index (χ0n) is 16.2. The Morgan fingerprint density at radius 3 is 2.85 bits per heavy atom. The first-order chi connectivity index (χ1) is 12.6. The lowest BCUT2D eigenvalue weighted by Crippen LogP contribution is -2.49. The van der Waals surface area contributed by atoms with Gasteiger partial charge in [-0.05, 0) is 98.9 Å². The second-order valence-corrected chi connectivity index (χ2v) is 9.92. The van der Waals surface area contributed by atoms with Crippen LogP contribution in [-0.4, -0.2) is 24.8 Å². The number of carbonyl (C=O) groups excluding carboxylic acids is 1. The van der Waals surface area contributed by atoms with E-state index in [2.05, 4.69) is 13.0 Å². The molecule has 0 spiro atoms. The van der Waals surface area contributed by atoms with Crippen LogP contribution in [0.3, 0.4) is 0 Å². The number of carbonyl (C=O) groups is 1. The highest BCUT2D eigenvalue weighted by molar-refractivity contribution is 5.90. The van der Waals surface area contributed by atoms with Crippen LogP contribution in [0.2, 0.25) is 0 Å². The van der Waals surface area contributed by atoms with Crippen molar-refractivity contribution in [1.82, 2.24) is 0 Å². The molecule has 5 rings (SSSR count). The summed E-state index contributed by atoms with van der Waals surface area (Å²) < 4.78 is 12.4. The predicted octanol–water partition coefficient (Wildman–Crippen LogP) is 4.90. The van der Waals surface area contributed by atoms with Crippen LogP contribution in [0.1, 0.15) is 71.1 Å². The highest BCUT2D eigenvalue weighted by Crippen LogP contribution is 2.62. The van der Waals surface area contributed by atoms with Crippen molar-refractivity contribution >= 4 is 5.78 Å². The lowest BCUT2D eigenvalue weighted by molar-refractivity contribution is -0.215. The fourth-order valence-electron chi connectivity index (χ4n) is 7.42. The summed E-state index contributed by atoms with van der Waals surface area (Å²) >= 11 is 0. The first-order valence-electron chi connectivity index (χ1n) is 11.1. The molecule has 1 saturated heterocycles. The van der Waals surface area contributed by atoms with E-state index in [0.29, 0.717) is 29.1 Å². The Labute approximate surface area is 157 Å². The molecule has 3 saturated carbocycles. The molecule has 0 N–H and O–H groups in total. The molecular formula is C23H34O3. The van der Waals surface area contributed by atoms with E-state index >= 15 is 0 Å². The second-order valence-electron chi connectivity index (χ2n) is 9.92. The van der Waals surface area contributed by atoms with Gasteiger partial charge in [-0.1, -0.05) is 13.0 Å². The molecule has 8 atom stereocenters. The van der Waals surface area contributed by atoms with Gasteiger partial charge in [0.1, 0.15) is 0 Å². The van der Waals surface area contributed by atoms with E-state index in [9.17, 15) is 4.79 Å². The molecule has 0 aromatic heterocycles. The minimum Gasteiger partial charge on any atom is -0.353 e. The molecule has 26 heavy (non-hydrogen) atoms. The van der Waals surface area contributed by atoms with Gasteiger partial charge in [0.25, 0.3) is 0 Å². The number of allylic oxidation sites excluding steroid dienone is 2. The van der Waals surface area contributed by atoms with E-state index in [1.807, 2.05) is 6.08 Å². The summed E-state index contributed by atoms with van der Waals surface area (Å²) in [6, 6.07) is 0. The molecule has 4 aliphatic carbocycles. The van der Waals surface area contributed by atoms with Crippen molar-refractivity contribution in [2.75, 3.05) is 6.61 Å². The number of ether oxygens (including phenoxy) is 2. The summed E-state index contributed by atoms with van der Waals surface area (Å²) in [7, 11) is 0. The lowest BCUT2D eigenvalue weighted by atomic mass is 9.51. The van der Waals surface area contributed by atoms with E-state index in [0.717, 1.165) is 37.2 Å². The zero-order valence-corrected chi connectivity index (χ0v) is 16.2. The number of rotatable bonds is 2. The van der Waals surface area contributed by atoms with Gasteiger partial charge in [-0.3, -0.25) is 4.79 Å². The molecule has 144 valence electrons. The van der Waals surface area contributed by atoms with Crippen molar-refractivity contribution in [2.24, 2.45) is 35.0 Å². The Morgan fingerprint density at radius 1 is 1.08 bits per heavy atom. The van der Waals surface area contributed by atoms with Gasteiger partial charge >= 0.3 is 0 Å². The fraction of sp³-hybridized carbons (Fsp3) is 0.870. The summed E-state index contributed by atoms with van der Waals surface area (Å²) in [5, 5.41) is 0. The summed E-state index contributed by atoms with van der Waals surface area (Å²) in [6.07, 6.45) is 16.7. The Kier molecular flexibility index (Phi) is 4.52. The van der Waals surface area contributed by atoms with Crippen molar-refractivity contribution in [3.63, 3.8) is 0 Å². The highest BCUT2D eigenvalue weighted by Gasteiger charge is 2.57. The van der Waals surface area contributed by atoms with Crippen LogP contribution in [0, 0.1) is 35.0 Å². The molecule has 3 nitrogen and oxygen atoms in total. The van der Waals surface area contributed by atoms with Crippen molar-refractivity contribution in [3.8, 4) is 0 Å². The summed E-state index contributed by atoms with van der Waals surface area (Å²) in [5.41, 5.74) is 0.336. The van der Waals surface area contributed by atoms with Gasteiger partial charge in [0.15, 0.2) is 12.1 Å². The molecule has 5 aliphatic rings. The zero-order chi connectivity index (χ0) is 17.7. The molecule has 0 amide bonds. The molecule has 3 heteroatoms. The standard InChI is InChI=1S/C23H34O3/c1-23-12-11-18-17-8-6-16(24)14-15(17)5-7-19(18)20(23)9-10-21(23)26-22-4-2-3-13-25-22/h6,8,15,17-22H,2-5,7,9-14H2,1H3/t15-,17-,18+,19+,20-,21?,22?,23-/m0/s1. The Hall–Kier alpha value is -0.670. The van der Waals surface area contributed by atoms with E-state index in [4.69, 9.17) is 9.47 Å². The molecule has 2 unspecified atom stereocenters. The van der Waals surface area contributed by atoms with Crippen molar-refractivity contribution in [2.45, 2.75) is 83.5 Å². The van der Waals surface area contributed by atoms with Crippen LogP contribution in [0.15, 0.2) is 12.2 Å². The van der Waals surface area contributed by atoms with Crippen LogP contribution in [0.5, 0.6) is 0 Å². The van der Waals surface area contributed by atoms with Gasteiger partial charge in [0.05, 0.1) is 6.10 Å². The van der Waals surface area contributed by atoms with Crippen LogP contribution in [0.25, 0.3) is 0 Å². The Bertz CT molecular complexity index is 578. The Balaban J connectivity index is 1.32. The van der Waals surface area contributed by atoms with E-state index < -0.39 is 0 Å². The monoisotopic (exact) mass is 358 g/mol. The Morgan fingerprint density at radius 2 is 2.00 bits per heavy atom. The van der Waals surface area contributed by atoms with Crippen molar-refractivity contribution in [3.05, 3.63) is 12.2 Å². The molecule has 0 aromatic rings. The summed E-state index contributed by atoms with van der Waals surface area (Å²) in [5.74, 6) is 4.10. The molecule has 1 heterocycles. The molecule has 1 aliphatic heterocycles. The predicted molar refractivity (Wildman–Crippen MR) is 100 cm³/mol. The van der Waals surface area contributed by atoms with Crippen molar-refractivity contribution in [1.29, 1.82) is 0 Å². The average Bonchev–Trinajstić information content (AvgIpc) is 2.98. The maximum absolute atomic E-state index is 11.8. The van der Waals surface area contributed by atoms with Gasteiger partial charge < -0.3 is 9.47 Å². The average molecular weight is 359 g/mol. The highest BCUT2D eigenvalue weighted by atomic mass is 16.7. The topological polar surface area (TPSA) is 35.5 Å². The minimum atomic E-state index is 0.0464. The molecule has 0 radical (unpaired) electrons. The number of hydrogen-bond donors (Lipinski definition) is 0. The normalized spacial score (nSPS) is 50.8. The van der Waals surface area contributed by atoms with Crippen LogP contribution in [-0.2, 0) is 14.3 Å². The van der Waals surface area contributed by atoms with E-state index in [-0.39, 0.29) is 6.29 Å². The maximum atomic E-state index is 11.8. The lowest BCUT2D eigenvalue weighted by Gasteiger charge is -2.54. The third-order valence-electron chi connectivity index (χ3n) is 8.74. The van der Waals surface area contributed by atoms with Crippen LogP contribution in [0.4, 0.5) is 0 Å². The van der Waals surface area contributed by atoms with Gasteiger partial charge in [-0.15, -0.1) is 0 Å². The molecular weight excluding hydrogens is 324 g/mol. The SMILES string of the molecule is C[C@]12CC[C@@H]3[C@H]4C=CC(=O)C[C@@H]4CC[C@H]3[C@@H]1CCC2OC1CCCCO1. The third-order valence-corrected chi connectivity index (χ3v) is 8.74. The fourth-order valence-corrected chi connectivity index (χ4v) is 7.42. The molecule has 0 aromatic carbocycles. The number of fused-ring (bicyclic) bond motifs is 5. The number of hydrogen-bond acceptors (Lipinski definition) is 3. The second kappa shape index (κ2) is 6.74. The largest absolute Gasteiger partial charge is 0.353 e. The smallest absolute Gasteiger partial charge is 0.157 e. The van der Waals surface area contributed by atoms with Crippen LogP contribution >= 0.6 is 0 Å². The maximum Gasteiger partial charge on any atom is 0.157 e. The summed E-state index contributed by atoms with van der Waals surface area (Å²) in [6.45, 7) is 3.39. The van der Waals surface area contributed by atoms with E-state index in [1.54, 1.807) is 0 Å². The summed E-state index contributed by atoms with van der Waals surface area (Å²) in [4.78, 5) is 11.8. The molecule has 0 bridgehead atoms. The minimum absolute atomic E-state index is 0.0464.